The first kappa shape index (κ1) is 14.9. The third-order valence-corrected chi connectivity index (χ3v) is 4.83. The highest BCUT2D eigenvalue weighted by Crippen LogP contribution is 2.37. The number of methoxy groups -OCH3 is 1. The van der Waals surface area contributed by atoms with Crippen LogP contribution in [0.15, 0.2) is 59.6 Å². The lowest BCUT2D eigenvalue weighted by atomic mass is 9.86. The fourth-order valence-corrected chi connectivity index (χ4v) is 3.77. The van der Waals surface area contributed by atoms with Crippen molar-refractivity contribution in [2.45, 2.75) is 26.3 Å². The summed E-state index contributed by atoms with van der Waals surface area (Å²) in [5, 5.41) is 2.54. The van der Waals surface area contributed by atoms with Crippen molar-refractivity contribution in [1.82, 2.24) is 0 Å². The van der Waals surface area contributed by atoms with Crippen LogP contribution in [0.3, 0.4) is 0 Å². The Bertz CT molecular complexity index is 955. The maximum Gasteiger partial charge on any atom is 0.128 e. The van der Waals surface area contributed by atoms with E-state index in [0.717, 1.165) is 17.9 Å². The van der Waals surface area contributed by atoms with Gasteiger partial charge >= 0.3 is 0 Å². The fourth-order valence-electron chi connectivity index (χ4n) is 3.77. The molecule has 0 saturated carbocycles. The SMILES string of the molecule is COc1ccc(-c2ccc3ccccc3c2)c2c1C(C)=N[C@H](C)C2. The molecule has 4 rings (SSSR count). The van der Waals surface area contributed by atoms with Gasteiger partial charge in [0.2, 0.25) is 0 Å². The van der Waals surface area contributed by atoms with Crippen LogP contribution in [0.1, 0.15) is 25.0 Å². The summed E-state index contributed by atoms with van der Waals surface area (Å²) in [5.74, 6) is 0.919. The third kappa shape index (κ3) is 2.39. The van der Waals surface area contributed by atoms with E-state index >= 15 is 0 Å². The van der Waals surface area contributed by atoms with Gasteiger partial charge in [-0.25, -0.2) is 0 Å². The number of hydrogen-bond acceptors (Lipinski definition) is 2. The van der Waals surface area contributed by atoms with Gasteiger partial charge in [-0.15, -0.1) is 0 Å². The van der Waals surface area contributed by atoms with E-state index in [-0.39, 0.29) is 0 Å². The van der Waals surface area contributed by atoms with Crippen molar-refractivity contribution in [3.05, 3.63) is 65.7 Å². The first-order valence-electron chi connectivity index (χ1n) is 8.41. The summed E-state index contributed by atoms with van der Waals surface area (Å²) in [5.41, 5.74) is 6.14. The lowest BCUT2D eigenvalue weighted by molar-refractivity contribution is 0.413. The molecule has 0 aliphatic carbocycles. The van der Waals surface area contributed by atoms with Crippen LogP contribution in [0.2, 0.25) is 0 Å². The van der Waals surface area contributed by atoms with Gasteiger partial charge in [0.15, 0.2) is 0 Å². The van der Waals surface area contributed by atoms with Gasteiger partial charge in [-0.05, 0) is 59.9 Å². The molecule has 0 saturated heterocycles. The Labute approximate surface area is 142 Å². The summed E-state index contributed by atoms with van der Waals surface area (Å²) >= 11 is 0. The first-order chi connectivity index (χ1) is 11.7. The Balaban J connectivity index is 1.95. The normalized spacial score (nSPS) is 16.6. The number of hydrogen-bond donors (Lipinski definition) is 0. The molecule has 1 atom stereocenters. The molecule has 1 heterocycles. The Kier molecular flexibility index (Phi) is 3.61. The summed E-state index contributed by atoms with van der Waals surface area (Å²) in [6.07, 6.45) is 0.950. The molecule has 0 unspecified atom stereocenters. The van der Waals surface area contributed by atoms with E-state index in [1.165, 1.54) is 33.0 Å². The Morgan fingerprint density at radius 3 is 2.58 bits per heavy atom. The quantitative estimate of drug-likeness (QED) is 0.631. The average molecular weight is 315 g/mol. The highest BCUT2D eigenvalue weighted by atomic mass is 16.5. The molecule has 1 aliphatic rings. The van der Waals surface area contributed by atoms with E-state index in [1.807, 2.05) is 0 Å². The molecule has 2 nitrogen and oxygen atoms in total. The number of fused-ring (bicyclic) bond motifs is 2. The predicted octanol–water partition coefficient (Wildman–Crippen LogP) is 5.27. The van der Waals surface area contributed by atoms with E-state index in [1.54, 1.807) is 7.11 Å². The van der Waals surface area contributed by atoms with Crippen molar-refractivity contribution >= 4 is 16.5 Å². The fraction of sp³-hybridized carbons (Fsp3) is 0.227. The summed E-state index contributed by atoms with van der Waals surface area (Å²) in [6.45, 7) is 4.26. The summed E-state index contributed by atoms with van der Waals surface area (Å²) in [7, 11) is 1.73. The molecule has 24 heavy (non-hydrogen) atoms. The second kappa shape index (κ2) is 5.79. The molecule has 120 valence electrons. The first-order valence-corrected chi connectivity index (χ1v) is 8.41. The van der Waals surface area contributed by atoms with Gasteiger partial charge in [-0.2, -0.15) is 0 Å². The van der Waals surface area contributed by atoms with Gasteiger partial charge < -0.3 is 4.74 Å². The Morgan fingerprint density at radius 1 is 1.00 bits per heavy atom. The zero-order valence-electron chi connectivity index (χ0n) is 14.3. The highest BCUT2D eigenvalue weighted by Gasteiger charge is 2.23. The van der Waals surface area contributed by atoms with Crippen LogP contribution in [0, 0.1) is 0 Å². The third-order valence-electron chi connectivity index (χ3n) is 4.83. The minimum Gasteiger partial charge on any atom is -0.496 e. The average Bonchev–Trinajstić information content (AvgIpc) is 2.60. The van der Waals surface area contributed by atoms with Crippen LogP contribution in [0.5, 0.6) is 5.75 Å². The van der Waals surface area contributed by atoms with Gasteiger partial charge in [-0.3, -0.25) is 4.99 Å². The minimum atomic E-state index is 0.309. The molecule has 0 amide bonds. The smallest absolute Gasteiger partial charge is 0.128 e. The van der Waals surface area contributed by atoms with Gasteiger partial charge in [0.1, 0.15) is 5.75 Å². The number of rotatable bonds is 2. The Hall–Kier alpha value is -2.61. The van der Waals surface area contributed by atoms with Crippen molar-refractivity contribution in [2.75, 3.05) is 7.11 Å². The Morgan fingerprint density at radius 2 is 1.79 bits per heavy atom. The van der Waals surface area contributed by atoms with Crippen molar-refractivity contribution < 1.29 is 4.74 Å². The summed E-state index contributed by atoms with van der Waals surface area (Å²) in [4.78, 5) is 4.75. The van der Waals surface area contributed by atoms with Crippen molar-refractivity contribution in [3.8, 4) is 16.9 Å². The van der Waals surface area contributed by atoms with Crippen LogP contribution in [0.4, 0.5) is 0 Å². The summed E-state index contributed by atoms with van der Waals surface area (Å²) < 4.78 is 5.60. The van der Waals surface area contributed by atoms with Crippen LogP contribution in [-0.4, -0.2) is 18.9 Å². The second-order valence-corrected chi connectivity index (χ2v) is 6.50. The van der Waals surface area contributed by atoms with Crippen molar-refractivity contribution in [3.63, 3.8) is 0 Å². The van der Waals surface area contributed by atoms with Crippen LogP contribution < -0.4 is 4.74 Å². The minimum absolute atomic E-state index is 0.309. The number of ether oxygens (including phenoxy) is 1. The molecule has 0 radical (unpaired) electrons. The lowest BCUT2D eigenvalue weighted by Gasteiger charge is -2.24. The molecule has 0 aromatic heterocycles. The highest BCUT2D eigenvalue weighted by molar-refractivity contribution is 6.05. The molecule has 0 bridgehead atoms. The van der Waals surface area contributed by atoms with E-state index < -0.39 is 0 Å². The topological polar surface area (TPSA) is 21.6 Å². The number of benzene rings is 3. The predicted molar refractivity (Wildman–Crippen MR) is 101 cm³/mol. The zero-order chi connectivity index (χ0) is 16.7. The van der Waals surface area contributed by atoms with Crippen LogP contribution in [0.25, 0.3) is 21.9 Å². The maximum absolute atomic E-state index is 5.60. The zero-order valence-corrected chi connectivity index (χ0v) is 14.3. The molecule has 0 fully saturated rings. The molecular formula is C22H21NO. The molecule has 3 aromatic rings. The van der Waals surface area contributed by atoms with Crippen molar-refractivity contribution in [1.29, 1.82) is 0 Å². The number of nitrogens with zero attached hydrogens (tertiary/aromatic N) is 1. The van der Waals surface area contributed by atoms with Gasteiger partial charge in [0.05, 0.1) is 13.2 Å². The van der Waals surface area contributed by atoms with Gasteiger partial charge in [-0.1, -0.05) is 42.5 Å². The summed E-state index contributed by atoms with van der Waals surface area (Å²) in [6, 6.07) is 19.8. The molecule has 2 heteroatoms. The molecule has 0 N–H and O–H groups in total. The van der Waals surface area contributed by atoms with Gasteiger partial charge in [0, 0.05) is 11.3 Å². The van der Waals surface area contributed by atoms with E-state index in [0.29, 0.717) is 6.04 Å². The van der Waals surface area contributed by atoms with Crippen LogP contribution >= 0.6 is 0 Å². The number of aliphatic imine (C=N–C) groups is 1. The monoisotopic (exact) mass is 315 g/mol. The lowest BCUT2D eigenvalue weighted by Crippen LogP contribution is -2.18. The van der Waals surface area contributed by atoms with Gasteiger partial charge in [0.25, 0.3) is 0 Å². The van der Waals surface area contributed by atoms with E-state index in [2.05, 4.69) is 68.4 Å². The van der Waals surface area contributed by atoms with E-state index in [9.17, 15) is 0 Å². The molecule has 3 aromatic carbocycles. The van der Waals surface area contributed by atoms with Crippen LogP contribution in [-0.2, 0) is 6.42 Å². The van der Waals surface area contributed by atoms with Crippen molar-refractivity contribution in [2.24, 2.45) is 4.99 Å². The molecule has 0 spiro atoms. The molecule has 1 aliphatic heterocycles. The largest absolute Gasteiger partial charge is 0.496 e. The standard InChI is InChI=1S/C22H21NO/c1-14-12-20-19(10-11-21(24-3)22(20)15(2)23-14)18-9-8-16-6-4-5-7-17(16)13-18/h4-11,13-14H,12H2,1-3H3/t14-/m1/s1. The second-order valence-electron chi connectivity index (χ2n) is 6.50. The van der Waals surface area contributed by atoms with E-state index in [4.69, 9.17) is 9.73 Å². The maximum atomic E-state index is 5.60. The molecular weight excluding hydrogens is 294 g/mol.